The smallest absolute Gasteiger partial charge is 0.252 e. The van der Waals surface area contributed by atoms with E-state index in [4.69, 9.17) is 9.72 Å². The maximum atomic E-state index is 12.9. The van der Waals surface area contributed by atoms with Gasteiger partial charge in [0.15, 0.2) is 0 Å². The molecule has 3 rings (SSSR count). The highest BCUT2D eigenvalue weighted by Gasteiger charge is 2.14. The van der Waals surface area contributed by atoms with Crippen molar-refractivity contribution in [2.45, 2.75) is 27.2 Å². The van der Waals surface area contributed by atoms with Gasteiger partial charge in [0.05, 0.1) is 23.9 Å². The third-order valence-electron chi connectivity index (χ3n) is 4.60. The summed E-state index contributed by atoms with van der Waals surface area (Å²) < 4.78 is 5.23. The van der Waals surface area contributed by atoms with Gasteiger partial charge in [-0.15, -0.1) is 0 Å². The Morgan fingerprint density at radius 2 is 1.85 bits per heavy atom. The van der Waals surface area contributed by atoms with Crippen LogP contribution in [0.5, 0.6) is 5.75 Å². The largest absolute Gasteiger partial charge is 0.497 e. The molecule has 27 heavy (non-hydrogen) atoms. The molecule has 0 saturated carbocycles. The molecule has 1 aromatic heterocycles. The van der Waals surface area contributed by atoms with Crippen molar-refractivity contribution in [1.82, 2.24) is 10.3 Å². The Labute approximate surface area is 160 Å². The van der Waals surface area contributed by atoms with Crippen molar-refractivity contribution in [3.8, 4) is 17.0 Å². The first-order valence-electron chi connectivity index (χ1n) is 9.32. The molecule has 0 fully saturated rings. The van der Waals surface area contributed by atoms with Crippen LogP contribution in [-0.2, 0) is 0 Å². The molecule has 1 heterocycles. The number of methoxy groups -OCH3 is 1. The summed E-state index contributed by atoms with van der Waals surface area (Å²) in [7, 11) is 1.64. The topological polar surface area (TPSA) is 51.2 Å². The van der Waals surface area contributed by atoms with Gasteiger partial charge in [-0.2, -0.15) is 0 Å². The van der Waals surface area contributed by atoms with Gasteiger partial charge in [-0.05, 0) is 61.7 Å². The van der Waals surface area contributed by atoms with Crippen molar-refractivity contribution in [1.29, 1.82) is 0 Å². The Hall–Kier alpha value is -2.88. The predicted octanol–water partition coefficient (Wildman–Crippen LogP) is 4.99. The summed E-state index contributed by atoms with van der Waals surface area (Å²) in [5.41, 5.74) is 4.33. The van der Waals surface area contributed by atoms with Crippen LogP contribution >= 0.6 is 0 Å². The van der Waals surface area contributed by atoms with Crippen LogP contribution in [0.15, 0.2) is 48.5 Å². The fourth-order valence-electron chi connectivity index (χ4n) is 3.01. The first-order valence-corrected chi connectivity index (χ1v) is 9.32. The average Bonchev–Trinajstić information content (AvgIpc) is 2.67. The second kappa shape index (κ2) is 8.21. The number of hydrogen-bond donors (Lipinski definition) is 1. The maximum absolute atomic E-state index is 12.9. The van der Waals surface area contributed by atoms with E-state index >= 15 is 0 Å². The molecule has 0 unspecified atom stereocenters. The molecule has 0 spiro atoms. The molecule has 0 atom stereocenters. The number of nitrogens with one attached hydrogen (secondary N) is 1. The second-order valence-electron chi connectivity index (χ2n) is 7.24. The van der Waals surface area contributed by atoms with E-state index in [0.717, 1.165) is 39.9 Å². The zero-order valence-corrected chi connectivity index (χ0v) is 16.4. The quantitative estimate of drug-likeness (QED) is 0.672. The molecule has 0 bridgehead atoms. The lowest BCUT2D eigenvalue weighted by atomic mass is 10.0. The standard InChI is InChI=1S/C23H26N2O2/c1-15(2)11-12-24-23(26)20-14-22(17-6-8-18(27-4)9-7-17)25-21-10-5-16(3)13-19(20)21/h5-10,13-15H,11-12H2,1-4H3,(H,24,26). The SMILES string of the molecule is COc1ccc(-c2cc(C(=O)NCCC(C)C)c3cc(C)ccc3n2)cc1. The molecule has 0 aliphatic rings. The predicted molar refractivity (Wildman–Crippen MR) is 110 cm³/mol. The van der Waals surface area contributed by atoms with Gasteiger partial charge in [-0.25, -0.2) is 4.98 Å². The third-order valence-corrected chi connectivity index (χ3v) is 4.60. The lowest BCUT2D eigenvalue weighted by Crippen LogP contribution is -2.25. The van der Waals surface area contributed by atoms with Gasteiger partial charge < -0.3 is 10.1 Å². The third kappa shape index (κ3) is 4.45. The first-order chi connectivity index (χ1) is 13.0. The summed E-state index contributed by atoms with van der Waals surface area (Å²) in [4.78, 5) is 17.6. The van der Waals surface area contributed by atoms with Crippen molar-refractivity contribution in [2.24, 2.45) is 5.92 Å². The molecule has 0 aliphatic heterocycles. The number of rotatable bonds is 6. The number of benzene rings is 2. The van der Waals surface area contributed by atoms with Crippen molar-refractivity contribution < 1.29 is 9.53 Å². The molecule has 1 amide bonds. The number of ether oxygens (including phenoxy) is 1. The molecule has 1 N–H and O–H groups in total. The summed E-state index contributed by atoms with van der Waals surface area (Å²) in [5.74, 6) is 1.29. The van der Waals surface area contributed by atoms with Crippen LogP contribution < -0.4 is 10.1 Å². The Morgan fingerprint density at radius 3 is 2.52 bits per heavy atom. The Morgan fingerprint density at radius 1 is 1.11 bits per heavy atom. The highest BCUT2D eigenvalue weighted by molar-refractivity contribution is 6.07. The van der Waals surface area contributed by atoms with E-state index < -0.39 is 0 Å². The number of fused-ring (bicyclic) bond motifs is 1. The lowest BCUT2D eigenvalue weighted by molar-refractivity contribution is 0.0953. The minimum absolute atomic E-state index is 0.0524. The molecular weight excluding hydrogens is 336 g/mol. The zero-order valence-electron chi connectivity index (χ0n) is 16.4. The van der Waals surface area contributed by atoms with Gasteiger partial charge in [-0.3, -0.25) is 4.79 Å². The van der Waals surface area contributed by atoms with E-state index in [-0.39, 0.29) is 5.91 Å². The molecule has 0 saturated heterocycles. The number of carbonyl (C=O) groups is 1. The number of aromatic nitrogens is 1. The summed E-state index contributed by atoms with van der Waals surface area (Å²) in [6, 6.07) is 15.6. The number of hydrogen-bond acceptors (Lipinski definition) is 3. The minimum Gasteiger partial charge on any atom is -0.497 e. The number of nitrogens with zero attached hydrogens (tertiary/aromatic N) is 1. The summed E-state index contributed by atoms with van der Waals surface area (Å²) in [6.45, 7) is 7.00. The van der Waals surface area contributed by atoms with Crippen LogP contribution in [-0.4, -0.2) is 24.5 Å². The summed E-state index contributed by atoms with van der Waals surface area (Å²) in [5, 5.41) is 3.94. The Balaban J connectivity index is 2.03. The van der Waals surface area contributed by atoms with E-state index in [1.165, 1.54) is 0 Å². The lowest BCUT2D eigenvalue weighted by Gasteiger charge is -2.12. The summed E-state index contributed by atoms with van der Waals surface area (Å²) in [6.07, 6.45) is 0.957. The van der Waals surface area contributed by atoms with Crippen molar-refractivity contribution >= 4 is 16.8 Å². The molecule has 4 nitrogen and oxygen atoms in total. The van der Waals surface area contributed by atoms with Crippen LogP contribution in [0, 0.1) is 12.8 Å². The van der Waals surface area contributed by atoms with Crippen molar-refractivity contribution in [3.63, 3.8) is 0 Å². The zero-order chi connectivity index (χ0) is 19.4. The van der Waals surface area contributed by atoms with Crippen LogP contribution in [0.1, 0.15) is 36.2 Å². The van der Waals surface area contributed by atoms with Gasteiger partial charge >= 0.3 is 0 Å². The number of carbonyl (C=O) groups excluding carboxylic acids is 1. The summed E-state index contributed by atoms with van der Waals surface area (Å²) >= 11 is 0. The molecule has 140 valence electrons. The number of aryl methyl sites for hydroxylation is 1. The average molecular weight is 362 g/mol. The molecule has 0 aliphatic carbocycles. The molecular formula is C23H26N2O2. The molecule has 2 aromatic carbocycles. The highest BCUT2D eigenvalue weighted by Crippen LogP contribution is 2.27. The van der Waals surface area contributed by atoms with Gasteiger partial charge in [0, 0.05) is 17.5 Å². The van der Waals surface area contributed by atoms with E-state index in [2.05, 4.69) is 19.2 Å². The van der Waals surface area contributed by atoms with Crippen LogP contribution in [0.2, 0.25) is 0 Å². The maximum Gasteiger partial charge on any atom is 0.252 e. The van der Waals surface area contributed by atoms with Crippen molar-refractivity contribution in [2.75, 3.05) is 13.7 Å². The second-order valence-corrected chi connectivity index (χ2v) is 7.24. The van der Waals surface area contributed by atoms with E-state index in [1.54, 1.807) is 7.11 Å². The number of amides is 1. The van der Waals surface area contributed by atoms with Crippen LogP contribution in [0.3, 0.4) is 0 Å². The molecule has 3 aromatic rings. The van der Waals surface area contributed by atoms with E-state index in [9.17, 15) is 4.79 Å². The van der Waals surface area contributed by atoms with Crippen LogP contribution in [0.4, 0.5) is 0 Å². The monoisotopic (exact) mass is 362 g/mol. The van der Waals surface area contributed by atoms with Gasteiger partial charge in [-0.1, -0.05) is 25.5 Å². The normalized spacial score (nSPS) is 11.0. The fraction of sp³-hybridized carbons (Fsp3) is 0.304. The molecule has 0 radical (unpaired) electrons. The highest BCUT2D eigenvalue weighted by atomic mass is 16.5. The minimum atomic E-state index is -0.0524. The van der Waals surface area contributed by atoms with E-state index in [0.29, 0.717) is 18.0 Å². The van der Waals surface area contributed by atoms with Crippen LogP contribution in [0.25, 0.3) is 22.2 Å². The van der Waals surface area contributed by atoms with E-state index in [1.807, 2.05) is 55.5 Å². The van der Waals surface area contributed by atoms with Crippen molar-refractivity contribution in [3.05, 3.63) is 59.7 Å². The molecule has 4 heteroatoms. The van der Waals surface area contributed by atoms with Gasteiger partial charge in [0.25, 0.3) is 5.91 Å². The first kappa shape index (κ1) is 18.9. The Bertz CT molecular complexity index is 946. The van der Waals surface area contributed by atoms with Gasteiger partial charge in [0.2, 0.25) is 0 Å². The Kier molecular flexibility index (Phi) is 5.75. The number of pyridine rings is 1. The fourth-order valence-corrected chi connectivity index (χ4v) is 3.01. The van der Waals surface area contributed by atoms with Gasteiger partial charge in [0.1, 0.15) is 5.75 Å².